The maximum absolute atomic E-state index is 12.4. The van der Waals surface area contributed by atoms with Crippen LogP contribution < -0.4 is 5.32 Å². The van der Waals surface area contributed by atoms with Crippen molar-refractivity contribution in [3.63, 3.8) is 0 Å². The molecule has 4 heteroatoms. The average Bonchev–Trinajstić information content (AvgIpc) is 2.88. The van der Waals surface area contributed by atoms with Gasteiger partial charge in [-0.1, -0.05) is 12.1 Å². The number of aryl methyl sites for hydroxylation is 2. The van der Waals surface area contributed by atoms with Gasteiger partial charge in [-0.05, 0) is 63.9 Å². The number of hydrogen-bond donors (Lipinski definition) is 1. The first-order chi connectivity index (χ1) is 10.9. The SMILES string of the molecule is Cc1ccc(CN(CC(=O)Nc2cccc(C)c2C)C(C)C)o1. The number of carbonyl (C=O) groups excluding carboxylic acids is 1. The molecule has 0 atom stereocenters. The van der Waals surface area contributed by atoms with Gasteiger partial charge in [-0.3, -0.25) is 9.69 Å². The van der Waals surface area contributed by atoms with E-state index in [1.165, 1.54) is 5.56 Å². The highest BCUT2D eigenvalue weighted by molar-refractivity contribution is 5.93. The summed E-state index contributed by atoms with van der Waals surface area (Å²) in [5.74, 6) is 1.77. The first kappa shape index (κ1) is 17.3. The summed E-state index contributed by atoms with van der Waals surface area (Å²) in [6, 6.07) is 10.1. The topological polar surface area (TPSA) is 45.5 Å². The normalized spacial score (nSPS) is 11.3. The zero-order valence-corrected chi connectivity index (χ0v) is 14.6. The minimum absolute atomic E-state index is 0.00400. The maximum Gasteiger partial charge on any atom is 0.238 e. The molecule has 1 heterocycles. The molecule has 124 valence electrons. The molecule has 2 rings (SSSR count). The minimum atomic E-state index is -0.00400. The standard InChI is InChI=1S/C19H26N2O2/c1-13(2)21(11-17-10-9-15(4)23-17)12-19(22)20-18-8-6-7-14(3)16(18)5/h6-10,13H,11-12H2,1-5H3,(H,20,22). The second-order valence-electron chi connectivity index (χ2n) is 6.31. The van der Waals surface area contributed by atoms with E-state index in [1.54, 1.807) is 0 Å². The van der Waals surface area contributed by atoms with Gasteiger partial charge in [-0.2, -0.15) is 0 Å². The molecule has 0 radical (unpaired) electrons. The van der Waals surface area contributed by atoms with Crippen LogP contribution in [-0.2, 0) is 11.3 Å². The number of hydrogen-bond acceptors (Lipinski definition) is 3. The number of anilines is 1. The summed E-state index contributed by atoms with van der Waals surface area (Å²) in [6.45, 7) is 11.1. The number of rotatable bonds is 6. The van der Waals surface area contributed by atoms with Crippen LogP contribution in [0.3, 0.4) is 0 Å². The third kappa shape index (κ3) is 4.70. The van der Waals surface area contributed by atoms with Gasteiger partial charge < -0.3 is 9.73 Å². The van der Waals surface area contributed by atoms with Crippen LogP contribution in [0.15, 0.2) is 34.7 Å². The molecule has 1 aromatic carbocycles. The smallest absolute Gasteiger partial charge is 0.238 e. The van der Waals surface area contributed by atoms with Crippen molar-refractivity contribution >= 4 is 11.6 Å². The monoisotopic (exact) mass is 314 g/mol. The lowest BCUT2D eigenvalue weighted by molar-refractivity contribution is -0.117. The summed E-state index contributed by atoms with van der Waals surface area (Å²) >= 11 is 0. The molecule has 0 unspecified atom stereocenters. The van der Waals surface area contributed by atoms with Gasteiger partial charge in [0, 0.05) is 11.7 Å². The largest absolute Gasteiger partial charge is 0.465 e. The zero-order chi connectivity index (χ0) is 17.0. The maximum atomic E-state index is 12.4. The summed E-state index contributed by atoms with van der Waals surface area (Å²) in [5, 5.41) is 3.02. The van der Waals surface area contributed by atoms with Gasteiger partial charge in [0.25, 0.3) is 0 Å². The van der Waals surface area contributed by atoms with E-state index in [9.17, 15) is 4.79 Å². The molecule has 0 aliphatic heterocycles. The number of nitrogens with zero attached hydrogens (tertiary/aromatic N) is 1. The molecule has 23 heavy (non-hydrogen) atoms. The second kappa shape index (κ2) is 7.47. The van der Waals surface area contributed by atoms with Crippen LogP contribution in [-0.4, -0.2) is 23.4 Å². The van der Waals surface area contributed by atoms with Crippen molar-refractivity contribution in [2.75, 3.05) is 11.9 Å². The predicted molar refractivity (Wildman–Crippen MR) is 93.5 cm³/mol. The summed E-state index contributed by atoms with van der Waals surface area (Å²) in [7, 11) is 0. The summed E-state index contributed by atoms with van der Waals surface area (Å²) in [5.41, 5.74) is 3.17. The van der Waals surface area contributed by atoms with Crippen molar-refractivity contribution in [3.05, 3.63) is 53.0 Å². The van der Waals surface area contributed by atoms with E-state index >= 15 is 0 Å². The Morgan fingerprint density at radius 3 is 2.52 bits per heavy atom. The van der Waals surface area contributed by atoms with E-state index in [-0.39, 0.29) is 11.9 Å². The van der Waals surface area contributed by atoms with Crippen molar-refractivity contribution in [3.8, 4) is 0 Å². The van der Waals surface area contributed by atoms with E-state index in [0.29, 0.717) is 13.1 Å². The predicted octanol–water partition coefficient (Wildman–Crippen LogP) is 4.05. The lowest BCUT2D eigenvalue weighted by Crippen LogP contribution is -2.37. The van der Waals surface area contributed by atoms with Crippen LogP contribution in [0, 0.1) is 20.8 Å². The van der Waals surface area contributed by atoms with E-state index in [2.05, 4.69) is 24.1 Å². The first-order valence-corrected chi connectivity index (χ1v) is 8.02. The molecular weight excluding hydrogens is 288 g/mol. The van der Waals surface area contributed by atoms with Gasteiger partial charge in [-0.25, -0.2) is 0 Å². The number of amides is 1. The highest BCUT2D eigenvalue weighted by Crippen LogP contribution is 2.18. The van der Waals surface area contributed by atoms with Crippen LogP contribution >= 0.6 is 0 Å². The van der Waals surface area contributed by atoms with Crippen LogP contribution in [0.2, 0.25) is 0 Å². The zero-order valence-electron chi connectivity index (χ0n) is 14.6. The highest BCUT2D eigenvalue weighted by Gasteiger charge is 2.17. The Bertz CT molecular complexity index is 674. The molecule has 1 aromatic heterocycles. The van der Waals surface area contributed by atoms with Crippen molar-refractivity contribution in [2.24, 2.45) is 0 Å². The summed E-state index contributed by atoms with van der Waals surface area (Å²) < 4.78 is 5.63. The lowest BCUT2D eigenvalue weighted by atomic mass is 10.1. The molecule has 2 aromatic rings. The van der Waals surface area contributed by atoms with Crippen molar-refractivity contribution in [1.82, 2.24) is 4.90 Å². The van der Waals surface area contributed by atoms with Gasteiger partial charge in [-0.15, -0.1) is 0 Å². The molecule has 1 N–H and O–H groups in total. The summed E-state index contributed by atoms with van der Waals surface area (Å²) in [4.78, 5) is 14.5. The third-order valence-corrected chi connectivity index (χ3v) is 4.11. The molecule has 4 nitrogen and oxygen atoms in total. The fourth-order valence-electron chi connectivity index (χ4n) is 2.45. The fourth-order valence-corrected chi connectivity index (χ4v) is 2.45. The molecular formula is C19H26N2O2. The number of nitrogens with one attached hydrogen (secondary N) is 1. The Hall–Kier alpha value is -2.07. The Morgan fingerprint density at radius 1 is 1.17 bits per heavy atom. The Kier molecular flexibility index (Phi) is 5.61. The minimum Gasteiger partial charge on any atom is -0.465 e. The lowest BCUT2D eigenvalue weighted by Gasteiger charge is -2.25. The molecule has 0 bridgehead atoms. The van der Waals surface area contributed by atoms with Gasteiger partial charge in [0.15, 0.2) is 0 Å². The number of carbonyl (C=O) groups is 1. The quantitative estimate of drug-likeness (QED) is 0.875. The molecule has 1 amide bonds. The van der Waals surface area contributed by atoms with Crippen molar-refractivity contribution in [2.45, 2.75) is 47.2 Å². The van der Waals surface area contributed by atoms with Crippen LogP contribution in [0.1, 0.15) is 36.5 Å². The Labute approximate surface area is 138 Å². The molecule has 0 fully saturated rings. The highest BCUT2D eigenvalue weighted by atomic mass is 16.3. The average molecular weight is 314 g/mol. The van der Waals surface area contributed by atoms with Crippen LogP contribution in [0.25, 0.3) is 0 Å². The second-order valence-corrected chi connectivity index (χ2v) is 6.31. The number of benzene rings is 1. The molecule has 0 aliphatic rings. The molecule has 0 saturated carbocycles. The molecule has 0 aliphatic carbocycles. The van der Waals surface area contributed by atoms with E-state index in [1.807, 2.05) is 51.1 Å². The number of furan rings is 1. The molecule has 0 spiro atoms. The van der Waals surface area contributed by atoms with Gasteiger partial charge in [0.05, 0.1) is 13.1 Å². The molecule has 0 saturated heterocycles. The Balaban J connectivity index is 2.02. The van der Waals surface area contributed by atoms with E-state index < -0.39 is 0 Å². The Morgan fingerprint density at radius 2 is 1.91 bits per heavy atom. The van der Waals surface area contributed by atoms with Gasteiger partial charge in [0.1, 0.15) is 11.5 Å². The first-order valence-electron chi connectivity index (χ1n) is 8.02. The van der Waals surface area contributed by atoms with Crippen LogP contribution in [0.5, 0.6) is 0 Å². The van der Waals surface area contributed by atoms with Crippen molar-refractivity contribution in [1.29, 1.82) is 0 Å². The third-order valence-electron chi connectivity index (χ3n) is 4.11. The summed E-state index contributed by atoms with van der Waals surface area (Å²) in [6.07, 6.45) is 0. The van der Waals surface area contributed by atoms with E-state index in [4.69, 9.17) is 4.42 Å². The van der Waals surface area contributed by atoms with Gasteiger partial charge in [0.2, 0.25) is 5.91 Å². The van der Waals surface area contributed by atoms with Crippen LogP contribution in [0.4, 0.5) is 5.69 Å². The van der Waals surface area contributed by atoms with Gasteiger partial charge >= 0.3 is 0 Å². The fraction of sp³-hybridized carbons (Fsp3) is 0.421. The van der Waals surface area contributed by atoms with Crippen molar-refractivity contribution < 1.29 is 9.21 Å². The van der Waals surface area contributed by atoms with E-state index in [0.717, 1.165) is 22.8 Å².